The van der Waals surface area contributed by atoms with Crippen molar-refractivity contribution in [3.05, 3.63) is 60.9 Å². The smallest absolute Gasteiger partial charge is 0.310 e. The van der Waals surface area contributed by atoms with E-state index in [1.54, 1.807) is 24.6 Å². The summed E-state index contributed by atoms with van der Waals surface area (Å²) in [5.41, 5.74) is 1.02. The van der Waals surface area contributed by atoms with Gasteiger partial charge in [-0.15, -0.1) is 0 Å². The number of pyridine rings is 1. The van der Waals surface area contributed by atoms with Crippen LogP contribution in [0.2, 0.25) is 0 Å². The summed E-state index contributed by atoms with van der Waals surface area (Å²) in [7, 11) is 0. The molecule has 2 rings (SSSR count). The van der Waals surface area contributed by atoms with Gasteiger partial charge in [-0.25, -0.2) is 0 Å². The van der Waals surface area contributed by atoms with Crippen LogP contribution in [0.15, 0.2) is 28.5 Å². The maximum atomic E-state index is 12.0. The van der Waals surface area contributed by atoms with E-state index in [-0.39, 0.29) is 22.7 Å². The van der Waals surface area contributed by atoms with Crippen LogP contribution >= 0.6 is 11.3 Å². The molecule has 0 atom stereocenters. The number of thiophene rings is 1. The van der Waals surface area contributed by atoms with E-state index < -0.39 is 4.92 Å². The van der Waals surface area contributed by atoms with Gasteiger partial charge in [-0.2, -0.15) is 5.26 Å². The second-order valence-corrected chi connectivity index (χ2v) is 4.86. The fourth-order valence-electron chi connectivity index (χ4n) is 1.66. The van der Waals surface area contributed by atoms with Crippen molar-refractivity contribution in [2.24, 2.45) is 0 Å². The average molecular weight is 275 g/mol. The molecule has 0 aromatic carbocycles. The van der Waals surface area contributed by atoms with Gasteiger partial charge in [-0.1, -0.05) is 11.3 Å². The highest BCUT2D eigenvalue weighted by molar-refractivity contribution is 7.13. The van der Waals surface area contributed by atoms with Crippen molar-refractivity contribution in [1.29, 1.82) is 5.26 Å². The maximum absolute atomic E-state index is 12.0. The van der Waals surface area contributed by atoms with Gasteiger partial charge < -0.3 is 4.57 Å². The van der Waals surface area contributed by atoms with E-state index in [0.29, 0.717) is 11.1 Å². The number of nitriles is 1. The zero-order valence-electron chi connectivity index (χ0n) is 9.99. The SMILES string of the molecule is Cc1ccn(Cc2csc([N+](=O)[O-])c2)c(=O)c1C#N. The van der Waals surface area contributed by atoms with E-state index in [9.17, 15) is 14.9 Å². The molecule has 0 aliphatic heterocycles. The van der Waals surface area contributed by atoms with E-state index >= 15 is 0 Å². The summed E-state index contributed by atoms with van der Waals surface area (Å²) in [4.78, 5) is 22.1. The highest BCUT2D eigenvalue weighted by atomic mass is 32.1. The van der Waals surface area contributed by atoms with Crippen LogP contribution in [-0.2, 0) is 6.54 Å². The average Bonchev–Trinajstić information content (AvgIpc) is 2.82. The summed E-state index contributed by atoms with van der Waals surface area (Å²) in [5, 5.41) is 21.2. The molecule has 2 aromatic heterocycles. The number of aromatic nitrogens is 1. The fourth-order valence-corrected chi connectivity index (χ4v) is 2.38. The Bertz CT molecular complexity index is 739. The van der Waals surface area contributed by atoms with Crippen molar-refractivity contribution in [2.45, 2.75) is 13.5 Å². The molecule has 0 fully saturated rings. The van der Waals surface area contributed by atoms with E-state index in [0.717, 1.165) is 11.3 Å². The molecule has 0 bridgehead atoms. The summed E-state index contributed by atoms with van der Waals surface area (Å²) in [6, 6.07) is 4.99. The number of hydrogen-bond donors (Lipinski definition) is 0. The quantitative estimate of drug-likeness (QED) is 0.633. The summed E-state index contributed by atoms with van der Waals surface area (Å²) >= 11 is 1.02. The number of aryl methyl sites for hydroxylation is 1. The van der Waals surface area contributed by atoms with Crippen LogP contribution in [0, 0.1) is 28.4 Å². The molecule has 0 saturated heterocycles. The largest absolute Gasteiger partial charge is 0.324 e. The van der Waals surface area contributed by atoms with E-state index in [2.05, 4.69) is 0 Å². The zero-order valence-corrected chi connectivity index (χ0v) is 10.8. The summed E-state index contributed by atoms with van der Waals surface area (Å²) in [5.74, 6) is 0. The first-order valence-corrected chi connectivity index (χ1v) is 6.23. The molecule has 19 heavy (non-hydrogen) atoms. The molecule has 0 unspecified atom stereocenters. The van der Waals surface area contributed by atoms with Gasteiger partial charge in [-0.3, -0.25) is 14.9 Å². The lowest BCUT2D eigenvalue weighted by atomic mass is 10.2. The lowest BCUT2D eigenvalue weighted by molar-refractivity contribution is -0.380. The van der Waals surface area contributed by atoms with Crippen molar-refractivity contribution in [1.82, 2.24) is 4.57 Å². The molecule has 2 heterocycles. The molecule has 0 aliphatic carbocycles. The monoisotopic (exact) mass is 275 g/mol. The predicted molar refractivity (Wildman–Crippen MR) is 70.2 cm³/mol. The zero-order chi connectivity index (χ0) is 14.0. The Morgan fingerprint density at radius 1 is 1.58 bits per heavy atom. The highest BCUT2D eigenvalue weighted by Crippen LogP contribution is 2.22. The van der Waals surface area contributed by atoms with Crippen LogP contribution in [0.3, 0.4) is 0 Å². The van der Waals surface area contributed by atoms with Crippen LogP contribution in [0.5, 0.6) is 0 Å². The minimum Gasteiger partial charge on any atom is -0.310 e. The highest BCUT2D eigenvalue weighted by Gasteiger charge is 2.11. The van der Waals surface area contributed by atoms with Gasteiger partial charge in [0.2, 0.25) is 0 Å². The number of hydrogen-bond acceptors (Lipinski definition) is 5. The summed E-state index contributed by atoms with van der Waals surface area (Å²) in [6.45, 7) is 1.91. The normalized spacial score (nSPS) is 10.1. The van der Waals surface area contributed by atoms with Gasteiger partial charge in [0.25, 0.3) is 5.56 Å². The Balaban J connectivity index is 2.36. The van der Waals surface area contributed by atoms with E-state index in [1.165, 1.54) is 10.6 Å². The Kier molecular flexibility index (Phi) is 3.44. The molecule has 0 radical (unpaired) electrons. The molecule has 6 nitrogen and oxygen atoms in total. The van der Waals surface area contributed by atoms with Crippen LogP contribution in [0.4, 0.5) is 5.00 Å². The van der Waals surface area contributed by atoms with Gasteiger partial charge in [0, 0.05) is 17.6 Å². The Hall–Kier alpha value is -2.46. The van der Waals surface area contributed by atoms with Crippen LogP contribution < -0.4 is 5.56 Å². The third kappa shape index (κ3) is 2.53. The summed E-state index contributed by atoms with van der Waals surface area (Å²) in [6.07, 6.45) is 1.59. The minimum atomic E-state index is -0.465. The molecular weight excluding hydrogens is 266 g/mol. The Labute approximate surface area is 112 Å². The third-order valence-electron chi connectivity index (χ3n) is 2.66. The predicted octanol–water partition coefficient (Wildman–Crippen LogP) is 2.05. The second-order valence-electron chi connectivity index (χ2n) is 3.97. The van der Waals surface area contributed by atoms with E-state index in [4.69, 9.17) is 5.26 Å². The van der Waals surface area contributed by atoms with Gasteiger partial charge >= 0.3 is 5.00 Å². The molecule has 7 heteroatoms. The Morgan fingerprint density at radius 2 is 2.32 bits per heavy atom. The fraction of sp³-hybridized carbons (Fsp3) is 0.167. The van der Waals surface area contributed by atoms with Gasteiger partial charge in [-0.05, 0) is 24.1 Å². The lowest BCUT2D eigenvalue weighted by Gasteiger charge is -2.05. The molecule has 0 aliphatic rings. The van der Waals surface area contributed by atoms with Crippen molar-refractivity contribution >= 4 is 16.3 Å². The number of nitrogens with zero attached hydrogens (tertiary/aromatic N) is 3. The molecule has 0 spiro atoms. The first kappa shape index (κ1) is 13.0. The minimum absolute atomic E-state index is 0.0377. The van der Waals surface area contributed by atoms with Crippen molar-refractivity contribution < 1.29 is 4.92 Å². The first-order valence-electron chi connectivity index (χ1n) is 5.35. The maximum Gasteiger partial charge on any atom is 0.324 e. The molecular formula is C12H9N3O3S. The summed E-state index contributed by atoms with van der Waals surface area (Å²) < 4.78 is 1.37. The Morgan fingerprint density at radius 3 is 2.89 bits per heavy atom. The molecule has 0 amide bonds. The van der Waals surface area contributed by atoms with E-state index in [1.807, 2.05) is 6.07 Å². The molecule has 96 valence electrons. The number of nitro groups is 1. The van der Waals surface area contributed by atoms with Crippen molar-refractivity contribution in [3.63, 3.8) is 0 Å². The van der Waals surface area contributed by atoms with Gasteiger partial charge in [0.1, 0.15) is 11.6 Å². The van der Waals surface area contributed by atoms with Gasteiger partial charge in [0.05, 0.1) is 11.5 Å². The van der Waals surface area contributed by atoms with Crippen LogP contribution in [0.1, 0.15) is 16.7 Å². The lowest BCUT2D eigenvalue weighted by Crippen LogP contribution is -2.23. The first-order chi connectivity index (χ1) is 9.02. The van der Waals surface area contributed by atoms with Gasteiger partial charge in [0.15, 0.2) is 0 Å². The molecule has 0 N–H and O–H groups in total. The third-order valence-corrected chi connectivity index (χ3v) is 3.59. The van der Waals surface area contributed by atoms with Crippen molar-refractivity contribution in [2.75, 3.05) is 0 Å². The standard InChI is InChI=1S/C12H9N3O3S/c1-8-2-3-14(12(16)10(8)5-13)6-9-4-11(15(17)18)19-7-9/h2-4,7H,6H2,1H3. The molecule has 0 saturated carbocycles. The topological polar surface area (TPSA) is 88.9 Å². The molecule has 2 aromatic rings. The van der Waals surface area contributed by atoms with Crippen LogP contribution in [-0.4, -0.2) is 9.49 Å². The second kappa shape index (κ2) is 5.04. The van der Waals surface area contributed by atoms with Crippen LogP contribution in [0.25, 0.3) is 0 Å². The number of rotatable bonds is 3. The van der Waals surface area contributed by atoms with Crippen molar-refractivity contribution in [3.8, 4) is 6.07 Å².